The van der Waals surface area contributed by atoms with E-state index in [1.165, 1.54) is 0 Å². The van der Waals surface area contributed by atoms with Gasteiger partial charge in [0.2, 0.25) is 11.8 Å². The van der Waals surface area contributed by atoms with Crippen LogP contribution >= 0.6 is 23.2 Å². The first-order valence-electron chi connectivity index (χ1n) is 7.57. The maximum absolute atomic E-state index is 12.4. The first-order chi connectivity index (χ1) is 11.4. The molecule has 0 spiro atoms. The van der Waals surface area contributed by atoms with Gasteiger partial charge in [0, 0.05) is 34.4 Å². The van der Waals surface area contributed by atoms with E-state index in [0.29, 0.717) is 28.0 Å². The highest BCUT2D eigenvalue weighted by Crippen LogP contribution is 2.28. The second-order valence-electron chi connectivity index (χ2n) is 5.84. The number of carbonyl (C=O) groups is 2. The van der Waals surface area contributed by atoms with Gasteiger partial charge in [-0.1, -0.05) is 35.3 Å². The van der Waals surface area contributed by atoms with E-state index in [1.807, 2.05) is 19.1 Å². The number of benzene rings is 2. The topological polar surface area (TPSA) is 49.4 Å². The van der Waals surface area contributed by atoms with E-state index >= 15 is 0 Å². The van der Waals surface area contributed by atoms with E-state index in [1.54, 1.807) is 35.2 Å². The molecule has 2 aromatic carbocycles. The van der Waals surface area contributed by atoms with E-state index in [0.717, 1.165) is 5.56 Å². The summed E-state index contributed by atoms with van der Waals surface area (Å²) in [5.74, 6) is -0.677. The van der Waals surface area contributed by atoms with Crippen molar-refractivity contribution in [3.63, 3.8) is 0 Å². The maximum Gasteiger partial charge on any atom is 0.229 e. The van der Waals surface area contributed by atoms with Crippen LogP contribution in [-0.2, 0) is 9.59 Å². The molecule has 1 heterocycles. The van der Waals surface area contributed by atoms with Crippen LogP contribution in [0.4, 0.5) is 11.4 Å². The van der Waals surface area contributed by atoms with Gasteiger partial charge in [0.1, 0.15) is 0 Å². The van der Waals surface area contributed by atoms with E-state index in [2.05, 4.69) is 5.32 Å². The summed E-state index contributed by atoms with van der Waals surface area (Å²) in [6.07, 6.45) is 0.179. The molecular formula is C18H16Cl2N2O2. The smallest absolute Gasteiger partial charge is 0.229 e. The molecule has 0 radical (unpaired) electrons. The number of hydrogen-bond acceptors (Lipinski definition) is 2. The van der Waals surface area contributed by atoms with Gasteiger partial charge in [-0.05, 0) is 42.8 Å². The lowest BCUT2D eigenvalue weighted by molar-refractivity contribution is -0.122. The molecule has 24 heavy (non-hydrogen) atoms. The second kappa shape index (κ2) is 6.83. The number of nitrogens with one attached hydrogen (secondary N) is 1. The molecule has 2 aromatic rings. The quantitative estimate of drug-likeness (QED) is 0.884. The van der Waals surface area contributed by atoms with Crippen molar-refractivity contribution < 1.29 is 9.59 Å². The fraction of sp³-hybridized carbons (Fsp3) is 0.222. The Labute approximate surface area is 150 Å². The van der Waals surface area contributed by atoms with Crippen molar-refractivity contribution in [3.05, 3.63) is 58.1 Å². The monoisotopic (exact) mass is 362 g/mol. The second-order valence-corrected chi connectivity index (χ2v) is 6.68. The Morgan fingerprint density at radius 1 is 1.21 bits per heavy atom. The van der Waals surface area contributed by atoms with Crippen LogP contribution in [0.1, 0.15) is 12.0 Å². The number of nitrogens with zero attached hydrogens (tertiary/aromatic N) is 1. The maximum atomic E-state index is 12.4. The molecule has 1 aliphatic heterocycles. The van der Waals surface area contributed by atoms with Crippen LogP contribution < -0.4 is 10.2 Å². The number of rotatable bonds is 3. The lowest BCUT2D eigenvalue weighted by Gasteiger charge is -2.17. The summed E-state index contributed by atoms with van der Waals surface area (Å²) in [5, 5.41) is 3.98. The molecule has 124 valence electrons. The number of amides is 2. The summed E-state index contributed by atoms with van der Waals surface area (Å²) < 4.78 is 0. The largest absolute Gasteiger partial charge is 0.326 e. The average molecular weight is 363 g/mol. The molecule has 1 N–H and O–H groups in total. The minimum Gasteiger partial charge on any atom is -0.326 e. The van der Waals surface area contributed by atoms with Gasteiger partial charge < -0.3 is 10.2 Å². The van der Waals surface area contributed by atoms with Gasteiger partial charge in [0.25, 0.3) is 0 Å². The van der Waals surface area contributed by atoms with Crippen LogP contribution in [0.2, 0.25) is 10.0 Å². The summed E-state index contributed by atoms with van der Waals surface area (Å²) in [4.78, 5) is 26.3. The fourth-order valence-corrected chi connectivity index (χ4v) is 3.06. The Kier molecular flexibility index (Phi) is 4.78. The van der Waals surface area contributed by atoms with Gasteiger partial charge in [0.05, 0.1) is 5.92 Å². The normalized spacial score (nSPS) is 17.2. The fourth-order valence-electron chi connectivity index (χ4n) is 2.69. The van der Waals surface area contributed by atoms with Crippen molar-refractivity contribution in [2.24, 2.45) is 5.92 Å². The third-order valence-corrected chi connectivity index (χ3v) is 4.70. The molecule has 0 saturated carbocycles. The number of hydrogen-bond donors (Lipinski definition) is 1. The minimum absolute atomic E-state index is 0.0839. The van der Waals surface area contributed by atoms with Crippen LogP contribution in [0.5, 0.6) is 0 Å². The van der Waals surface area contributed by atoms with Crippen molar-refractivity contribution in [1.82, 2.24) is 0 Å². The number of carbonyl (C=O) groups excluding carboxylic acids is 2. The highest BCUT2D eigenvalue weighted by atomic mass is 35.5. The zero-order valence-electron chi connectivity index (χ0n) is 13.1. The Bertz CT molecular complexity index is 807. The van der Waals surface area contributed by atoms with Crippen LogP contribution in [0, 0.1) is 12.8 Å². The Morgan fingerprint density at radius 2 is 2.00 bits per heavy atom. The van der Waals surface area contributed by atoms with Crippen molar-refractivity contribution in [1.29, 1.82) is 0 Å². The molecule has 1 atom stereocenters. The van der Waals surface area contributed by atoms with Gasteiger partial charge in [0.15, 0.2) is 0 Å². The molecule has 3 rings (SSSR count). The summed E-state index contributed by atoms with van der Waals surface area (Å²) >= 11 is 12.0. The van der Waals surface area contributed by atoms with Crippen LogP contribution in [-0.4, -0.2) is 18.4 Å². The molecule has 0 bridgehead atoms. The van der Waals surface area contributed by atoms with E-state index < -0.39 is 5.92 Å². The van der Waals surface area contributed by atoms with Gasteiger partial charge in [-0.2, -0.15) is 0 Å². The Hall–Kier alpha value is -2.04. The van der Waals surface area contributed by atoms with Crippen LogP contribution in [0.25, 0.3) is 0 Å². The first-order valence-corrected chi connectivity index (χ1v) is 8.32. The number of aryl methyl sites for hydroxylation is 1. The zero-order valence-corrected chi connectivity index (χ0v) is 14.6. The predicted octanol–water partition coefficient (Wildman–Crippen LogP) is 4.29. The highest BCUT2D eigenvalue weighted by Gasteiger charge is 2.35. The standard InChI is InChI=1S/C18H16Cl2N2O2/c1-11-5-6-14(9-16(11)20)21-18(24)12-7-17(23)22(10-12)15-4-2-3-13(19)8-15/h2-6,8-9,12H,7,10H2,1H3,(H,21,24)/t12-/m1/s1. The molecule has 1 saturated heterocycles. The van der Waals surface area contributed by atoms with E-state index in [-0.39, 0.29) is 18.2 Å². The molecule has 0 aromatic heterocycles. The third kappa shape index (κ3) is 3.55. The van der Waals surface area contributed by atoms with E-state index in [9.17, 15) is 9.59 Å². The molecule has 0 aliphatic carbocycles. The lowest BCUT2D eigenvalue weighted by Crippen LogP contribution is -2.28. The number of anilines is 2. The SMILES string of the molecule is Cc1ccc(NC(=O)[C@@H]2CC(=O)N(c3cccc(Cl)c3)C2)cc1Cl. The molecule has 2 amide bonds. The molecule has 0 unspecified atom stereocenters. The Balaban J connectivity index is 1.70. The van der Waals surface area contributed by atoms with Gasteiger partial charge in [-0.15, -0.1) is 0 Å². The van der Waals surface area contributed by atoms with Crippen LogP contribution in [0.15, 0.2) is 42.5 Å². The summed E-state index contributed by atoms with van der Waals surface area (Å²) in [7, 11) is 0. The van der Waals surface area contributed by atoms with Gasteiger partial charge in [-0.3, -0.25) is 9.59 Å². The van der Waals surface area contributed by atoms with Crippen molar-refractivity contribution in [2.45, 2.75) is 13.3 Å². The molecule has 6 heteroatoms. The predicted molar refractivity (Wildman–Crippen MR) is 96.7 cm³/mol. The third-order valence-electron chi connectivity index (χ3n) is 4.06. The Morgan fingerprint density at radius 3 is 2.71 bits per heavy atom. The average Bonchev–Trinajstić information content (AvgIpc) is 2.93. The van der Waals surface area contributed by atoms with E-state index in [4.69, 9.17) is 23.2 Å². The highest BCUT2D eigenvalue weighted by molar-refractivity contribution is 6.31. The summed E-state index contributed by atoms with van der Waals surface area (Å²) in [6, 6.07) is 12.4. The number of halogens is 2. The molecular weight excluding hydrogens is 347 g/mol. The van der Waals surface area contributed by atoms with Gasteiger partial charge in [-0.25, -0.2) is 0 Å². The van der Waals surface area contributed by atoms with Crippen molar-refractivity contribution in [3.8, 4) is 0 Å². The first kappa shape index (κ1) is 16.8. The summed E-state index contributed by atoms with van der Waals surface area (Å²) in [5.41, 5.74) is 2.28. The molecule has 1 aliphatic rings. The lowest BCUT2D eigenvalue weighted by atomic mass is 10.1. The molecule has 1 fully saturated rings. The molecule has 4 nitrogen and oxygen atoms in total. The zero-order chi connectivity index (χ0) is 17.3. The summed E-state index contributed by atoms with van der Waals surface area (Å²) in [6.45, 7) is 2.23. The van der Waals surface area contributed by atoms with Crippen molar-refractivity contribution >= 4 is 46.4 Å². The minimum atomic E-state index is -0.406. The van der Waals surface area contributed by atoms with Crippen LogP contribution in [0.3, 0.4) is 0 Å². The van der Waals surface area contributed by atoms with Crippen molar-refractivity contribution in [2.75, 3.05) is 16.8 Å². The van der Waals surface area contributed by atoms with Gasteiger partial charge >= 0.3 is 0 Å².